The van der Waals surface area contributed by atoms with Crippen molar-refractivity contribution in [3.05, 3.63) is 27.7 Å². The standard InChI is InChI=1S/C11H12BrCl2NO2S/c12-10-6-9(3-4-11(10)14)18(16,17)15-5-1-2-8(15)7-13/h3-4,6,8H,1-2,5,7H2. The van der Waals surface area contributed by atoms with Gasteiger partial charge in [0.2, 0.25) is 10.0 Å². The van der Waals surface area contributed by atoms with Gasteiger partial charge in [-0.15, -0.1) is 11.6 Å². The molecule has 0 spiro atoms. The Kier molecular flexibility index (Phi) is 4.60. The van der Waals surface area contributed by atoms with Crippen molar-refractivity contribution in [3.63, 3.8) is 0 Å². The summed E-state index contributed by atoms with van der Waals surface area (Å²) in [7, 11) is -3.48. The Hall–Kier alpha value is 0.190. The summed E-state index contributed by atoms with van der Waals surface area (Å²) in [5, 5.41) is 0.490. The summed E-state index contributed by atoms with van der Waals surface area (Å²) >= 11 is 14.9. The number of sulfonamides is 1. The van der Waals surface area contributed by atoms with Crippen LogP contribution in [0.25, 0.3) is 0 Å². The first-order valence-electron chi connectivity index (χ1n) is 5.49. The molecular weight excluding hydrogens is 361 g/mol. The predicted octanol–water partition coefficient (Wildman–Crippen LogP) is 3.49. The van der Waals surface area contributed by atoms with Crippen LogP contribution in [0.1, 0.15) is 12.8 Å². The van der Waals surface area contributed by atoms with E-state index in [1.54, 1.807) is 6.07 Å². The summed E-state index contributed by atoms with van der Waals surface area (Å²) in [5.41, 5.74) is 0. The van der Waals surface area contributed by atoms with E-state index in [1.165, 1.54) is 16.4 Å². The highest BCUT2D eigenvalue weighted by Crippen LogP contribution is 2.30. The molecule has 1 aromatic carbocycles. The van der Waals surface area contributed by atoms with Crippen LogP contribution in [0.2, 0.25) is 5.02 Å². The fourth-order valence-electron chi connectivity index (χ4n) is 2.05. The van der Waals surface area contributed by atoms with Crippen molar-refractivity contribution in [3.8, 4) is 0 Å². The van der Waals surface area contributed by atoms with Crippen LogP contribution in [-0.4, -0.2) is 31.2 Å². The van der Waals surface area contributed by atoms with Gasteiger partial charge < -0.3 is 0 Å². The zero-order chi connectivity index (χ0) is 13.3. The predicted molar refractivity (Wildman–Crippen MR) is 76.8 cm³/mol. The fraction of sp³-hybridized carbons (Fsp3) is 0.455. The molecule has 0 saturated carbocycles. The molecular formula is C11H12BrCl2NO2S. The summed E-state index contributed by atoms with van der Waals surface area (Å²) in [6.07, 6.45) is 1.67. The monoisotopic (exact) mass is 371 g/mol. The zero-order valence-electron chi connectivity index (χ0n) is 9.44. The Morgan fingerprint density at radius 3 is 2.78 bits per heavy atom. The molecule has 1 saturated heterocycles. The van der Waals surface area contributed by atoms with Gasteiger partial charge in [0.05, 0.1) is 9.92 Å². The van der Waals surface area contributed by atoms with Crippen molar-refractivity contribution in [2.24, 2.45) is 0 Å². The number of rotatable bonds is 3. The molecule has 1 fully saturated rings. The first-order valence-corrected chi connectivity index (χ1v) is 8.64. The van der Waals surface area contributed by atoms with E-state index in [-0.39, 0.29) is 10.9 Å². The first-order chi connectivity index (χ1) is 8.46. The minimum atomic E-state index is -3.48. The van der Waals surface area contributed by atoms with E-state index in [1.807, 2.05) is 0 Å². The maximum Gasteiger partial charge on any atom is 0.243 e. The van der Waals surface area contributed by atoms with Gasteiger partial charge in [-0.2, -0.15) is 4.31 Å². The van der Waals surface area contributed by atoms with Crippen LogP contribution in [0.3, 0.4) is 0 Å². The van der Waals surface area contributed by atoms with Crippen molar-refractivity contribution in [1.82, 2.24) is 4.31 Å². The third kappa shape index (κ3) is 2.70. The minimum absolute atomic E-state index is 0.105. The molecule has 7 heteroatoms. The highest BCUT2D eigenvalue weighted by atomic mass is 79.9. The maximum absolute atomic E-state index is 12.5. The molecule has 1 aliphatic rings. The van der Waals surface area contributed by atoms with Crippen molar-refractivity contribution in [2.75, 3.05) is 12.4 Å². The van der Waals surface area contributed by atoms with Gasteiger partial charge in [-0.1, -0.05) is 11.6 Å². The van der Waals surface area contributed by atoms with E-state index in [0.717, 1.165) is 12.8 Å². The third-order valence-corrected chi connectivity index (χ3v) is 6.52. The molecule has 1 unspecified atom stereocenters. The van der Waals surface area contributed by atoms with Gasteiger partial charge in [-0.05, 0) is 47.0 Å². The highest BCUT2D eigenvalue weighted by Gasteiger charge is 2.34. The number of hydrogen-bond acceptors (Lipinski definition) is 2. The van der Waals surface area contributed by atoms with E-state index >= 15 is 0 Å². The number of benzene rings is 1. The van der Waals surface area contributed by atoms with Gasteiger partial charge in [-0.25, -0.2) is 8.42 Å². The van der Waals surface area contributed by atoms with Gasteiger partial charge in [0.1, 0.15) is 0 Å². The van der Waals surface area contributed by atoms with Crippen LogP contribution >= 0.6 is 39.1 Å². The van der Waals surface area contributed by atoms with Crippen LogP contribution in [-0.2, 0) is 10.0 Å². The summed E-state index contributed by atoms with van der Waals surface area (Å²) in [6, 6.07) is 4.52. The average Bonchev–Trinajstić information content (AvgIpc) is 2.81. The molecule has 0 aromatic heterocycles. The Labute approximate surface area is 125 Å². The van der Waals surface area contributed by atoms with Crippen molar-refractivity contribution >= 4 is 49.2 Å². The van der Waals surface area contributed by atoms with E-state index in [0.29, 0.717) is 21.9 Å². The average molecular weight is 373 g/mol. The normalized spacial score (nSPS) is 21.4. The van der Waals surface area contributed by atoms with Gasteiger partial charge in [0, 0.05) is 22.9 Å². The Morgan fingerprint density at radius 1 is 1.44 bits per heavy atom. The molecule has 18 heavy (non-hydrogen) atoms. The zero-order valence-corrected chi connectivity index (χ0v) is 13.4. The topological polar surface area (TPSA) is 37.4 Å². The molecule has 1 heterocycles. The van der Waals surface area contributed by atoms with Crippen molar-refractivity contribution in [2.45, 2.75) is 23.8 Å². The summed E-state index contributed by atoms with van der Waals surface area (Å²) in [5.74, 6) is 0.327. The molecule has 0 amide bonds. The molecule has 1 aliphatic heterocycles. The molecule has 0 radical (unpaired) electrons. The molecule has 1 aromatic rings. The lowest BCUT2D eigenvalue weighted by atomic mass is 10.3. The number of hydrogen-bond donors (Lipinski definition) is 0. The SMILES string of the molecule is O=S(=O)(c1ccc(Cl)c(Br)c1)N1CCCC1CCl. The molecule has 0 N–H and O–H groups in total. The van der Waals surface area contributed by atoms with Crippen LogP contribution in [0.15, 0.2) is 27.6 Å². The van der Waals surface area contributed by atoms with Crippen molar-refractivity contribution < 1.29 is 8.42 Å². The molecule has 2 rings (SSSR count). The smallest absolute Gasteiger partial charge is 0.207 e. The van der Waals surface area contributed by atoms with E-state index in [2.05, 4.69) is 15.9 Å². The van der Waals surface area contributed by atoms with Crippen molar-refractivity contribution in [1.29, 1.82) is 0 Å². The lowest BCUT2D eigenvalue weighted by Gasteiger charge is -2.22. The molecule has 3 nitrogen and oxygen atoms in total. The number of halogens is 3. The maximum atomic E-state index is 12.5. The summed E-state index contributed by atoms with van der Waals surface area (Å²) in [6.45, 7) is 0.528. The van der Waals surface area contributed by atoms with E-state index in [9.17, 15) is 8.42 Å². The van der Waals surface area contributed by atoms with Crippen LogP contribution in [0.4, 0.5) is 0 Å². The van der Waals surface area contributed by atoms with E-state index < -0.39 is 10.0 Å². The van der Waals surface area contributed by atoms with Gasteiger partial charge in [0.25, 0.3) is 0 Å². The van der Waals surface area contributed by atoms with Crippen LogP contribution in [0.5, 0.6) is 0 Å². The largest absolute Gasteiger partial charge is 0.243 e. The molecule has 0 aliphatic carbocycles. The Bertz CT molecular complexity index is 550. The number of alkyl halides is 1. The molecule has 1 atom stereocenters. The second kappa shape index (κ2) is 5.67. The molecule has 0 bridgehead atoms. The first kappa shape index (κ1) is 14.6. The Morgan fingerprint density at radius 2 is 2.17 bits per heavy atom. The Balaban J connectivity index is 2.38. The van der Waals surface area contributed by atoms with Gasteiger partial charge in [-0.3, -0.25) is 0 Å². The van der Waals surface area contributed by atoms with Crippen LogP contribution < -0.4 is 0 Å². The van der Waals surface area contributed by atoms with E-state index in [4.69, 9.17) is 23.2 Å². The minimum Gasteiger partial charge on any atom is -0.207 e. The lowest BCUT2D eigenvalue weighted by molar-refractivity contribution is 0.411. The van der Waals surface area contributed by atoms with Crippen LogP contribution in [0, 0.1) is 0 Å². The van der Waals surface area contributed by atoms with Gasteiger partial charge >= 0.3 is 0 Å². The number of nitrogens with zero attached hydrogens (tertiary/aromatic N) is 1. The highest BCUT2D eigenvalue weighted by molar-refractivity contribution is 9.10. The fourth-order valence-corrected chi connectivity index (χ4v) is 4.82. The quantitative estimate of drug-likeness (QED) is 0.761. The van der Waals surface area contributed by atoms with Gasteiger partial charge in [0.15, 0.2) is 0 Å². The third-order valence-electron chi connectivity index (χ3n) is 3.00. The second-order valence-electron chi connectivity index (χ2n) is 4.14. The molecule has 100 valence electrons. The summed E-state index contributed by atoms with van der Waals surface area (Å²) < 4.78 is 27.0. The lowest BCUT2D eigenvalue weighted by Crippen LogP contribution is -2.36. The summed E-state index contributed by atoms with van der Waals surface area (Å²) in [4.78, 5) is 0.246. The second-order valence-corrected chi connectivity index (χ2v) is 7.60.